The molecule has 1 aliphatic rings. The first kappa shape index (κ1) is 21.7. The molecule has 2 heterocycles. The van der Waals surface area contributed by atoms with Gasteiger partial charge in [-0.3, -0.25) is 0 Å². The number of ether oxygens (including phenoxy) is 1. The Morgan fingerprint density at radius 3 is 2.68 bits per heavy atom. The number of hydrogen-bond acceptors (Lipinski definition) is 4. The van der Waals surface area contributed by atoms with Crippen LogP contribution in [0.25, 0.3) is 21.7 Å². The number of carbonyl (C=O) groups excluding carboxylic acids is 1. The molecule has 5 nitrogen and oxygen atoms in total. The fourth-order valence-corrected chi connectivity index (χ4v) is 4.57. The highest BCUT2D eigenvalue weighted by Crippen LogP contribution is 2.38. The van der Waals surface area contributed by atoms with Crippen LogP contribution in [0, 0.1) is 0 Å². The van der Waals surface area contributed by atoms with Crippen molar-refractivity contribution in [2.75, 3.05) is 13.1 Å². The fourth-order valence-electron chi connectivity index (χ4n) is 4.39. The van der Waals surface area contributed by atoms with E-state index in [0.717, 1.165) is 45.6 Å². The zero-order valence-corrected chi connectivity index (χ0v) is 18.9. The minimum atomic E-state index is -0.503. The molecule has 0 spiro atoms. The minimum Gasteiger partial charge on any atom is -0.444 e. The number of carbonyl (C=O) groups is 1. The largest absolute Gasteiger partial charge is 0.444 e. The topological polar surface area (TPSA) is 62.7 Å². The lowest BCUT2D eigenvalue weighted by Crippen LogP contribution is -2.41. The van der Waals surface area contributed by atoms with Crippen LogP contribution in [0.1, 0.15) is 50.7 Å². The molecule has 1 N–H and O–H groups in total. The standard InChI is InChI=1S/C25H28ClN2O3/c1-25(2,3)31-24(30)28-11-8-16(9-12-28)22-20-7-6-19(26)14-17(20)13-18(15-29)21-5-4-10-27-23(21)22/h4-7,10,13-14,16,29H,8-9,11-12,15H2,1-3H3/q+1. The molecule has 0 aliphatic carbocycles. The summed E-state index contributed by atoms with van der Waals surface area (Å²) >= 11 is 6.30. The average molecular weight is 440 g/mol. The van der Waals surface area contributed by atoms with Crippen LogP contribution < -0.4 is 0 Å². The van der Waals surface area contributed by atoms with E-state index in [2.05, 4.69) is 0 Å². The molecule has 0 saturated carbocycles. The number of amides is 1. The Bertz CT molecular complexity index is 1140. The number of rotatable bonds is 2. The van der Waals surface area contributed by atoms with Gasteiger partial charge in [-0.25, -0.2) is 9.78 Å². The van der Waals surface area contributed by atoms with Gasteiger partial charge in [0.25, 0.3) is 0 Å². The SMILES string of the molecule is CC(C)(C)OC(=O)N1CCC(c2c3ncccc3c(CO)c[c+]3cc(Cl)ccc23)CC1. The second-order valence-corrected chi connectivity index (χ2v) is 9.55. The van der Waals surface area contributed by atoms with E-state index in [1.165, 1.54) is 0 Å². The molecule has 1 aliphatic heterocycles. The van der Waals surface area contributed by atoms with Crippen molar-refractivity contribution in [3.63, 3.8) is 0 Å². The highest BCUT2D eigenvalue weighted by atomic mass is 35.5. The van der Waals surface area contributed by atoms with Crippen LogP contribution in [0.4, 0.5) is 4.79 Å². The van der Waals surface area contributed by atoms with E-state index in [9.17, 15) is 9.90 Å². The zero-order valence-electron chi connectivity index (χ0n) is 18.2. The summed E-state index contributed by atoms with van der Waals surface area (Å²) in [5.74, 6) is 0.235. The Morgan fingerprint density at radius 1 is 1.26 bits per heavy atom. The van der Waals surface area contributed by atoms with Crippen LogP contribution in [-0.2, 0) is 11.3 Å². The lowest BCUT2D eigenvalue weighted by atomic mass is 9.86. The molecule has 0 atom stereocenters. The van der Waals surface area contributed by atoms with Crippen molar-refractivity contribution in [1.82, 2.24) is 9.88 Å². The monoisotopic (exact) mass is 439 g/mol. The number of halogens is 1. The third kappa shape index (κ3) is 4.58. The quantitative estimate of drug-likeness (QED) is 0.502. The van der Waals surface area contributed by atoms with Gasteiger partial charge in [0.05, 0.1) is 22.9 Å². The van der Waals surface area contributed by atoms with E-state index in [-0.39, 0.29) is 18.6 Å². The molecule has 1 aromatic heterocycles. The maximum absolute atomic E-state index is 12.5. The van der Waals surface area contributed by atoms with Crippen molar-refractivity contribution in [2.24, 2.45) is 0 Å². The summed E-state index contributed by atoms with van der Waals surface area (Å²) in [5.41, 5.74) is 2.38. The predicted octanol–water partition coefficient (Wildman–Crippen LogP) is 5.93. The average Bonchev–Trinajstić information content (AvgIpc) is 2.86. The van der Waals surface area contributed by atoms with Crippen LogP contribution in [-0.4, -0.2) is 39.8 Å². The number of aliphatic hydroxyl groups excluding tert-OH is 1. The Morgan fingerprint density at radius 2 is 2.00 bits per heavy atom. The van der Waals surface area contributed by atoms with E-state index in [4.69, 9.17) is 21.3 Å². The van der Waals surface area contributed by atoms with Gasteiger partial charge in [0.15, 0.2) is 0 Å². The second-order valence-electron chi connectivity index (χ2n) is 9.11. The van der Waals surface area contributed by atoms with Crippen LogP contribution in [0.15, 0.2) is 42.6 Å². The number of fused-ring (bicyclic) bond motifs is 2. The van der Waals surface area contributed by atoms with Crippen LogP contribution >= 0.6 is 11.6 Å². The van der Waals surface area contributed by atoms with Crippen molar-refractivity contribution >= 4 is 39.4 Å². The lowest BCUT2D eigenvalue weighted by molar-refractivity contribution is 0.0205. The Labute approximate surface area is 187 Å². The van der Waals surface area contributed by atoms with Gasteiger partial charge in [0.2, 0.25) is 0 Å². The summed E-state index contributed by atoms with van der Waals surface area (Å²) in [5, 5.41) is 13.7. The van der Waals surface area contributed by atoms with Gasteiger partial charge < -0.3 is 14.7 Å². The predicted molar refractivity (Wildman–Crippen MR) is 124 cm³/mol. The molecule has 0 bridgehead atoms. The molecule has 162 valence electrons. The highest BCUT2D eigenvalue weighted by molar-refractivity contribution is 6.31. The summed E-state index contributed by atoms with van der Waals surface area (Å²) < 4.78 is 5.55. The smallest absolute Gasteiger partial charge is 0.410 e. The Hall–Kier alpha value is -2.50. The van der Waals surface area contributed by atoms with Crippen LogP contribution in [0.3, 0.4) is 0 Å². The van der Waals surface area contributed by atoms with Crippen molar-refractivity contribution in [3.05, 3.63) is 58.7 Å². The van der Waals surface area contributed by atoms with E-state index >= 15 is 0 Å². The summed E-state index contributed by atoms with van der Waals surface area (Å²) in [7, 11) is 0. The van der Waals surface area contributed by atoms with Crippen molar-refractivity contribution < 1.29 is 14.6 Å². The third-order valence-corrected chi connectivity index (χ3v) is 6.00. The summed E-state index contributed by atoms with van der Waals surface area (Å²) in [4.78, 5) is 19.0. The van der Waals surface area contributed by atoms with Crippen molar-refractivity contribution in [2.45, 2.75) is 51.7 Å². The maximum atomic E-state index is 12.5. The summed E-state index contributed by atoms with van der Waals surface area (Å²) in [6.45, 7) is 6.85. The van der Waals surface area contributed by atoms with Crippen molar-refractivity contribution in [1.29, 1.82) is 0 Å². The van der Waals surface area contributed by atoms with E-state index in [1.54, 1.807) is 11.1 Å². The maximum Gasteiger partial charge on any atom is 0.410 e. The molecule has 3 aromatic rings. The van der Waals surface area contributed by atoms with Crippen LogP contribution in [0.2, 0.25) is 5.02 Å². The number of aromatic nitrogens is 1. The van der Waals surface area contributed by atoms with Gasteiger partial charge in [-0.15, -0.1) is 0 Å². The molecule has 4 rings (SSSR count). The third-order valence-electron chi connectivity index (χ3n) is 5.77. The van der Waals surface area contributed by atoms with Gasteiger partial charge in [0.1, 0.15) is 16.1 Å². The van der Waals surface area contributed by atoms with E-state index < -0.39 is 5.60 Å². The summed E-state index contributed by atoms with van der Waals surface area (Å²) in [6.07, 6.45) is 3.18. The first-order valence-corrected chi connectivity index (χ1v) is 11.1. The van der Waals surface area contributed by atoms with Gasteiger partial charge in [-0.2, -0.15) is 0 Å². The number of hydrogen-bond donors (Lipinski definition) is 1. The van der Waals surface area contributed by atoms with E-state index in [1.807, 2.05) is 57.2 Å². The Balaban J connectivity index is 1.78. The lowest BCUT2D eigenvalue weighted by Gasteiger charge is -2.33. The first-order chi connectivity index (χ1) is 14.8. The Kier molecular flexibility index (Phi) is 6.00. The molecule has 0 radical (unpaired) electrons. The molecule has 1 amide bonds. The molecular weight excluding hydrogens is 412 g/mol. The number of likely N-dealkylation sites (tertiary alicyclic amines) is 1. The second kappa shape index (κ2) is 8.56. The molecule has 2 aromatic carbocycles. The number of pyridine rings is 1. The number of aliphatic hydroxyl groups is 1. The van der Waals surface area contributed by atoms with Gasteiger partial charge >= 0.3 is 6.09 Å². The number of piperidine rings is 1. The van der Waals surface area contributed by atoms with Crippen LogP contribution in [0.5, 0.6) is 0 Å². The zero-order chi connectivity index (χ0) is 22.2. The summed E-state index contributed by atoms with van der Waals surface area (Å²) in [6, 6.07) is 11.8. The molecule has 1 saturated heterocycles. The van der Waals surface area contributed by atoms with Gasteiger partial charge in [-0.05, 0) is 57.3 Å². The molecular formula is C25H28ClN2O3+. The van der Waals surface area contributed by atoms with Gasteiger partial charge in [-0.1, -0.05) is 0 Å². The first-order valence-electron chi connectivity index (χ1n) is 10.7. The number of benzene rings is 1. The van der Waals surface area contributed by atoms with Gasteiger partial charge in [0, 0.05) is 60.4 Å². The number of nitrogens with zero attached hydrogens (tertiary/aromatic N) is 2. The minimum absolute atomic E-state index is 0.0744. The highest BCUT2D eigenvalue weighted by Gasteiger charge is 2.31. The normalized spacial score (nSPS) is 15.5. The fraction of sp³-hybridized carbons (Fsp3) is 0.400. The molecule has 6 heteroatoms. The van der Waals surface area contributed by atoms with Crippen molar-refractivity contribution in [3.8, 4) is 0 Å². The van der Waals surface area contributed by atoms with E-state index in [0.29, 0.717) is 18.1 Å². The molecule has 0 unspecified atom stereocenters. The molecule has 1 fully saturated rings. The molecule has 31 heavy (non-hydrogen) atoms.